The topological polar surface area (TPSA) is 9.23 Å². The highest BCUT2D eigenvalue weighted by Crippen LogP contribution is 2.36. The van der Waals surface area contributed by atoms with E-state index in [1.807, 2.05) is 0 Å². The van der Waals surface area contributed by atoms with E-state index >= 15 is 0 Å². The number of hydrogen-bond donors (Lipinski definition) is 0. The summed E-state index contributed by atoms with van der Waals surface area (Å²) in [6, 6.07) is 7.40. The summed E-state index contributed by atoms with van der Waals surface area (Å²) in [5.74, 6) is -9.47. The lowest BCUT2D eigenvalue weighted by molar-refractivity contribution is -0.0196. The fourth-order valence-electron chi connectivity index (χ4n) is 4.46. The van der Waals surface area contributed by atoms with Crippen LogP contribution in [-0.2, 0) is 4.74 Å². The first-order chi connectivity index (χ1) is 17.2. The molecule has 0 bridgehead atoms. The number of rotatable bonds is 6. The summed E-state index contributed by atoms with van der Waals surface area (Å²) >= 11 is 0. The summed E-state index contributed by atoms with van der Waals surface area (Å²) in [5, 5.41) is 0. The van der Waals surface area contributed by atoms with E-state index in [-0.39, 0.29) is 17.2 Å². The van der Waals surface area contributed by atoms with E-state index < -0.39 is 51.9 Å². The summed E-state index contributed by atoms with van der Waals surface area (Å²) in [4.78, 5) is 0. The zero-order chi connectivity index (χ0) is 26.0. The Balaban J connectivity index is 1.57. The van der Waals surface area contributed by atoms with Gasteiger partial charge in [0.15, 0.2) is 29.1 Å². The lowest BCUT2D eigenvalue weighted by Crippen LogP contribution is -2.20. The van der Waals surface area contributed by atoms with E-state index in [1.54, 1.807) is 0 Å². The Bertz CT molecular complexity index is 1270. The fourth-order valence-corrected chi connectivity index (χ4v) is 4.46. The molecule has 1 aliphatic rings. The number of halogens is 7. The van der Waals surface area contributed by atoms with Crippen LogP contribution in [0.1, 0.15) is 55.4 Å². The van der Waals surface area contributed by atoms with Gasteiger partial charge in [-0.15, -0.1) is 0 Å². The van der Waals surface area contributed by atoms with Gasteiger partial charge in [-0.1, -0.05) is 31.5 Å². The monoisotopic (exact) mass is 508 g/mol. The smallest absolute Gasteiger partial charge is 0.194 e. The Morgan fingerprint density at radius 2 is 1.53 bits per heavy atom. The molecule has 0 amide bonds. The molecule has 1 nitrogen and oxygen atoms in total. The van der Waals surface area contributed by atoms with Crippen LogP contribution in [0.3, 0.4) is 0 Å². The second-order valence-corrected chi connectivity index (χ2v) is 8.87. The Kier molecular flexibility index (Phi) is 7.83. The van der Waals surface area contributed by atoms with E-state index in [0.717, 1.165) is 43.5 Å². The van der Waals surface area contributed by atoms with Gasteiger partial charge in [0.25, 0.3) is 0 Å². The average molecular weight is 508 g/mol. The average Bonchev–Trinajstić information content (AvgIpc) is 2.86. The molecule has 1 heterocycles. The normalized spacial score (nSPS) is 18.8. The Morgan fingerprint density at radius 1 is 0.806 bits per heavy atom. The summed E-state index contributed by atoms with van der Waals surface area (Å²) in [5.41, 5.74) is -1.34. The van der Waals surface area contributed by atoms with Gasteiger partial charge in [-0.2, -0.15) is 0 Å². The second-order valence-electron chi connectivity index (χ2n) is 8.87. The van der Waals surface area contributed by atoms with E-state index in [4.69, 9.17) is 4.74 Å². The van der Waals surface area contributed by atoms with Crippen molar-refractivity contribution < 1.29 is 35.5 Å². The molecule has 3 aromatic carbocycles. The van der Waals surface area contributed by atoms with Crippen molar-refractivity contribution in [2.24, 2.45) is 5.92 Å². The molecule has 2 unspecified atom stereocenters. The molecule has 0 radical (unpaired) electrons. The maximum Gasteiger partial charge on any atom is 0.194 e. The summed E-state index contributed by atoms with van der Waals surface area (Å²) < 4.78 is 105. The molecule has 190 valence electrons. The molecule has 1 fully saturated rings. The van der Waals surface area contributed by atoms with Gasteiger partial charge in [0, 0.05) is 16.7 Å². The van der Waals surface area contributed by atoms with E-state index in [2.05, 4.69) is 6.92 Å². The third kappa shape index (κ3) is 5.33. The molecule has 36 heavy (non-hydrogen) atoms. The standard InChI is InChI=1S/C28H23F7O/c1-2-3-15-4-9-25(36-14-15)16-5-8-20(22(30)10-16)27(34)26(33)17-6-7-19(21(29)11-17)18-12-23(31)28(35)24(32)13-18/h5-8,10-13,15,25H,2-4,9,14H2,1H3/b27-26+. The number of hydrogen-bond acceptors (Lipinski definition) is 1. The quantitative estimate of drug-likeness (QED) is 0.183. The lowest BCUT2D eigenvalue weighted by Gasteiger charge is -2.29. The molecule has 4 rings (SSSR count). The fraction of sp³-hybridized carbons (Fsp3) is 0.286. The molecule has 2 atom stereocenters. The third-order valence-electron chi connectivity index (χ3n) is 6.38. The molecule has 3 aromatic rings. The predicted molar refractivity (Wildman–Crippen MR) is 123 cm³/mol. The van der Waals surface area contributed by atoms with Gasteiger partial charge < -0.3 is 4.74 Å². The van der Waals surface area contributed by atoms with Crippen molar-refractivity contribution >= 4 is 11.7 Å². The molecule has 0 spiro atoms. The van der Waals surface area contributed by atoms with Crippen LogP contribution < -0.4 is 0 Å². The first kappa shape index (κ1) is 25.9. The van der Waals surface area contributed by atoms with Crippen LogP contribution in [0.15, 0.2) is 48.5 Å². The molecular formula is C28H23F7O. The number of benzene rings is 3. The van der Waals surface area contributed by atoms with E-state index in [9.17, 15) is 30.7 Å². The van der Waals surface area contributed by atoms with Crippen LogP contribution >= 0.6 is 0 Å². The summed E-state index contributed by atoms with van der Waals surface area (Å²) in [6.45, 7) is 2.65. The zero-order valence-corrected chi connectivity index (χ0v) is 19.4. The van der Waals surface area contributed by atoms with Crippen LogP contribution in [0, 0.1) is 35.0 Å². The van der Waals surface area contributed by atoms with Crippen LogP contribution in [0.2, 0.25) is 0 Å². The minimum atomic E-state index is -1.71. The Hall–Kier alpha value is -3.13. The van der Waals surface area contributed by atoms with Gasteiger partial charge in [0.05, 0.1) is 12.7 Å². The lowest BCUT2D eigenvalue weighted by atomic mass is 9.91. The Morgan fingerprint density at radius 3 is 2.11 bits per heavy atom. The first-order valence-corrected chi connectivity index (χ1v) is 11.6. The van der Waals surface area contributed by atoms with Gasteiger partial charge in [0.2, 0.25) is 0 Å². The van der Waals surface area contributed by atoms with Crippen molar-refractivity contribution in [3.05, 3.63) is 94.3 Å². The maximum atomic E-state index is 14.9. The van der Waals surface area contributed by atoms with Crippen molar-refractivity contribution in [1.29, 1.82) is 0 Å². The van der Waals surface area contributed by atoms with Gasteiger partial charge in [-0.3, -0.25) is 0 Å². The molecule has 1 aliphatic heterocycles. The maximum absolute atomic E-state index is 14.9. The SMILES string of the molecule is CCCC1CCC(c2ccc(/C(F)=C(\F)c3ccc(-c4cc(F)c(F)c(F)c4)c(F)c3)c(F)c2)OC1. The van der Waals surface area contributed by atoms with Crippen LogP contribution in [0.4, 0.5) is 30.7 Å². The highest BCUT2D eigenvalue weighted by molar-refractivity contribution is 5.84. The molecule has 0 saturated carbocycles. The van der Waals surface area contributed by atoms with Crippen molar-refractivity contribution in [2.75, 3.05) is 6.61 Å². The van der Waals surface area contributed by atoms with Gasteiger partial charge in [-0.05, 0) is 66.6 Å². The molecule has 0 N–H and O–H groups in total. The third-order valence-corrected chi connectivity index (χ3v) is 6.38. The van der Waals surface area contributed by atoms with Crippen molar-refractivity contribution in [1.82, 2.24) is 0 Å². The van der Waals surface area contributed by atoms with Crippen molar-refractivity contribution in [3.8, 4) is 11.1 Å². The molecule has 8 heteroatoms. The largest absolute Gasteiger partial charge is 0.373 e. The summed E-state index contributed by atoms with van der Waals surface area (Å²) in [7, 11) is 0. The van der Waals surface area contributed by atoms with Gasteiger partial charge in [-0.25, -0.2) is 30.7 Å². The molecular weight excluding hydrogens is 485 g/mol. The molecule has 0 aromatic heterocycles. The van der Waals surface area contributed by atoms with Crippen molar-refractivity contribution in [3.63, 3.8) is 0 Å². The van der Waals surface area contributed by atoms with Gasteiger partial charge >= 0.3 is 0 Å². The predicted octanol–water partition coefficient (Wildman–Crippen LogP) is 9.08. The van der Waals surface area contributed by atoms with Crippen LogP contribution in [0.25, 0.3) is 22.8 Å². The van der Waals surface area contributed by atoms with Crippen LogP contribution in [0.5, 0.6) is 0 Å². The van der Waals surface area contributed by atoms with E-state index in [1.165, 1.54) is 6.07 Å². The minimum Gasteiger partial charge on any atom is -0.373 e. The number of ether oxygens (including phenoxy) is 1. The summed E-state index contributed by atoms with van der Waals surface area (Å²) in [6.07, 6.45) is 3.40. The molecule has 0 aliphatic carbocycles. The molecule has 1 saturated heterocycles. The Labute approximate surface area is 204 Å². The first-order valence-electron chi connectivity index (χ1n) is 11.6. The van der Waals surface area contributed by atoms with E-state index in [0.29, 0.717) is 42.7 Å². The highest BCUT2D eigenvalue weighted by Gasteiger charge is 2.24. The zero-order valence-electron chi connectivity index (χ0n) is 19.4. The van der Waals surface area contributed by atoms with Gasteiger partial charge in [0.1, 0.15) is 11.6 Å². The minimum absolute atomic E-state index is 0.326. The highest BCUT2D eigenvalue weighted by atomic mass is 19.2. The second kappa shape index (κ2) is 10.9. The van der Waals surface area contributed by atoms with Crippen molar-refractivity contribution in [2.45, 2.75) is 38.7 Å². The van der Waals surface area contributed by atoms with Crippen LogP contribution in [-0.4, -0.2) is 6.61 Å².